The van der Waals surface area contributed by atoms with Crippen molar-refractivity contribution in [3.8, 4) is 17.2 Å². The first-order valence-corrected chi connectivity index (χ1v) is 5.86. The lowest BCUT2D eigenvalue weighted by molar-refractivity contribution is -0.385. The third-order valence-corrected chi connectivity index (χ3v) is 2.75. The lowest BCUT2D eigenvalue weighted by Crippen LogP contribution is -1.95. The molecule has 20 heavy (non-hydrogen) atoms. The molecule has 2 aromatic rings. The number of aryl methyl sites for hydroxylation is 1. The summed E-state index contributed by atoms with van der Waals surface area (Å²) in [6.07, 6.45) is 0. The molecular formula is C13H9ClFNO4. The van der Waals surface area contributed by atoms with E-state index in [1.165, 1.54) is 12.1 Å². The van der Waals surface area contributed by atoms with Gasteiger partial charge in [-0.1, -0.05) is 11.6 Å². The van der Waals surface area contributed by atoms with Gasteiger partial charge in [-0.3, -0.25) is 10.1 Å². The number of hydrogen-bond donors (Lipinski definition) is 1. The number of halogens is 2. The summed E-state index contributed by atoms with van der Waals surface area (Å²) >= 11 is 5.59. The lowest BCUT2D eigenvalue weighted by atomic mass is 10.2. The van der Waals surface area contributed by atoms with Crippen LogP contribution in [-0.4, -0.2) is 10.0 Å². The molecule has 104 valence electrons. The maximum Gasteiger partial charge on any atom is 0.314 e. The fourth-order valence-corrected chi connectivity index (χ4v) is 1.81. The van der Waals surface area contributed by atoms with Crippen LogP contribution in [-0.2, 0) is 0 Å². The number of nitro benzene ring substituents is 1. The third-order valence-electron chi connectivity index (χ3n) is 2.46. The van der Waals surface area contributed by atoms with Gasteiger partial charge in [0.05, 0.1) is 16.0 Å². The van der Waals surface area contributed by atoms with Crippen molar-refractivity contribution in [1.82, 2.24) is 0 Å². The van der Waals surface area contributed by atoms with Crippen LogP contribution in [0.1, 0.15) is 5.56 Å². The van der Waals surface area contributed by atoms with Crippen molar-refractivity contribution in [2.45, 2.75) is 6.92 Å². The molecule has 0 bridgehead atoms. The van der Waals surface area contributed by atoms with Gasteiger partial charge < -0.3 is 9.84 Å². The van der Waals surface area contributed by atoms with Gasteiger partial charge in [0.15, 0.2) is 0 Å². The number of nitrogens with zero attached hydrogens (tertiary/aromatic N) is 1. The van der Waals surface area contributed by atoms with Crippen molar-refractivity contribution in [1.29, 1.82) is 0 Å². The largest absolute Gasteiger partial charge is 0.508 e. The van der Waals surface area contributed by atoms with Gasteiger partial charge in [0, 0.05) is 12.1 Å². The van der Waals surface area contributed by atoms with Gasteiger partial charge in [0.25, 0.3) is 0 Å². The normalized spacial score (nSPS) is 10.3. The molecule has 0 unspecified atom stereocenters. The van der Waals surface area contributed by atoms with E-state index in [1.807, 2.05) is 0 Å². The van der Waals surface area contributed by atoms with Gasteiger partial charge in [-0.15, -0.1) is 0 Å². The highest BCUT2D eigenvalue weighted by atomic mass is 35.5. The number of ether oxygens (including phenoxy) is 1. The number of phenols is 1. The van der Waals surface area contributed by atoms with Crippen molar-refractivity contribution < 1.29 is 19.2 Å². The van der Waals surface area contributed by atoms with Crippen LogP contribution in [0.5, 0.6) is 17.2 Å². The maximum atomic E-state index is 13.3. The highest BCUT2D eigenvalue weighted by Gasteiger charge is 2.20. The highest BCUT2D eigenvalue weighted by molar-refractivity contribution is 6.31. The SMILES string of the molecule is Cc1cc(O)cc(Oc2cc(Cl)c(F)cc2[N+](=O)[O-])c1. The van der Waals surface area contributed by atoms with Crippen LogP contribution in [0.2, 0.25) is 5.02 Å². The molecule has 0 spiro atoms. The number of aromatic hydroxyl groups is 1. The molecule has 0 aliphatic carbocycles. The summed E-state index contributed by atoms with van der Waals surface area (Å²) < 4.78 is 18.6. The molecule has 0 fully saturated rings. The summed E-state index contributed by atoms with van der Waals surface area (Å²) in [5.74, 6) is -0.964. The van der Waals surface area contributed by atoms with E-state index in [2.05, 4.69) is 0 Å². The Morgan fingerprint density at radius 3 is 2.60 bits per heavy atom. The predicted octanol–water partition coefficient (Wildman–Crippen LogP) is 4.19. The van der Waals surface area contributed by atoms with Gasteiger partial charge >= 0.3 is 5.69 Å². The Bertz CT molecular complexity index is 670. The van der Waals surface area contributed by atoms with E-state index in [0.717, 1.165) is 6.07 Å². The molecule has 5 nitrogen and oxygen atoms in total. The number of phenolic OH excluding ortho intramolecular Hbond substituents is 1. The molecule has 0 saturated carbocycles. The smallest absolute Gasteiger partial charge is 0.314 e. The van der Waals surface area contributed by atoms with E-state index in [0.29, 0.717) is 11.6 Å². The van der Waals surface area contributed by atoms with Gasteiger partial charge in [0.2, 0.25) is 5.75 Å². The first-order valence-electron chi connectivity index (χ1n) is 5.49. The minimum Gasteiger partial charge on any atom is -0.508 e. The second-order valence-electron chi connectivity index (χ2n) is 4.10. The molecular weight excluding hydrogens is 289 g/mol. The Morgan fingerprint density at radius 1 is 1.30 bits per heavy atom. The van der Waals surface area contributed by atoms with Crippen molar-refractivity contribution in [3.63, 3.8) is 0 Å². The van der Waals surface area contributed by atoms with E-state index >= 15 is 0 Å². The number of hydrogen-bond acceptors (Lipinski definition) is 4. The Labute approximate surface area is 118 Å². The molecule has 0 radical (unpaired) electrons. The summed E-state index contributed by atoms with van der Waals surface area (Å²) in [7, 11) is 0. The molecule has 0 aromatic heterocycles. The summed E-state index contributed by atoms with van der Waals surface area (Å²) in [5, 5.41) is 20.0. The zero-order valence-corrected chi connectivity index (χ0v) is 11.0. The first-order chi connectivity index (χ1) is 9.36. The second kappa shape index (κ2) is 5.34. The van der Waals surface area contributed by atoms with Crippen molar-refractivity contribution in [2.24, 2.45) is 0 Å². The number of benzene rings is 2. The average molecular weight is 298 g/mol. The van der Waals surface area contributed by atoms with Crippen LogP contribution in [0.3, 0.4) is 0 Å². The number of nitro groups is 1. The third kappa shape index (κ3) is 2.97. The summed E-state index contributed by atoms with van der Waals surface area (Å²) in [6.45, 7) is 1.72. The van der Waals surface area contributed by atoms with Gasteiger partial charge in [-0.2, -0.15) is 0 Å². The van der Waals surface area contributed by atoms with Gasteiger partial charge in [-0.25, -0.2) is 4.39 Å². The van der Waals surface area contributed by atoms with E-state index in [1.54, 1.807) is 13.0 Å². The number of rotatable bonds is 3. The van der Waals surface area contributed by atoms with Crippen LogP contribution in [0, 0.1) is 22.9 Å². The standard InChI is InChI=1S/C13H9ClFNO4/c1-7-2-8(17)4-9(3-7)20-13-5-10(14)11(15)6-12(13)16(18)19/h2-6,17H,1H3. The van der Waals surface area contributed by atoms with E-state index in [-0.39, 0.29) is 22.3 Å². The van der Waals surface area contributed by atoms with Crippen LogP contribution in [0.25, 0.3) is 0 Å². The second-order valence-corrected chi connectivity index (χ2v) is 4.50. The Kier molecular flexibility index (Phi) is 3.76. The molecule has 0 heterocycles. The van der Waals surface area contributed by atoms with Crippen LogP contribution in [0.4, 0.5) is 10.1 Å². The molecule has 7 heteroatoms. The fourth-order valence-electron chi connectivity index (χ4n) is 1.66. The monoisotopic (exact) mass is 297 g/mol. The molecule has 0 atom stereocenters. The highest BCUT2D eigenvalue weighted by Crippen LogP contribution is 2.36. The zero-order chi connectivity index (χ0) is 14.9. The Hall–Kier alpha value is -2.34. The van der Waals surface area contributed by atoms with Crippen molar-refractivity contribution in [2.75, 3.05) is 0 Å². The topological polar surface area (TPSA) is 72.6 Å². The lowest BCUT2D eigenvalue weighted by Gasteiger charge is -2.08. The summed E-state index contributed by atoms with van der Waals surface area (Å²) in [4.78, 5) is 10.1. The molecule has 0 amide bonds. The van der Waals surface area contributed by atoms with Crippen LogP contribution >= 0.6 is 11.6 Å². The summed E-state index contributed by atoms with van der Waals surface area (Å²) in [6, 6.07) is 6.06. The molecule has 0 aliphatic rings. The minimum absolute atomic E-state index is 0.0455. The predicted molar refractivity (Wildman–Crippen MR) is 71.0 cm³/mol. The van der Waals surface area contributed by atoms with E-state index in [9.17, 15) is 19.6 Å². The molecule has 0 saturated heterocycles. The Balaban J connectivity index is 2.47. The van der Waals surface area contributed by atoms with Crippen LogP contribution in [0.15, 0.2) is 30.3 Å². The maximum absolute atomic E-state index is 13.3. The quantitative estimate of drug-likeness (QED) is 0.681. The molecule has 0 aliphatic heterocycles. The molecule has 2 aromatic carbocycles. The van der Waals surface area contributed by atoms with Crippen molar-refractivity contribution >= 4 is 17.3 Å². The minimum atomic E-state index is -0.905. The van der Waals surface area contributed by atoms with Gasteiger partial charge in [-0.05, 0) is 24.6 Å². The van der Waals surface area contributed by atoms with Gasteiger partial charge in [0.1, 0.15) is 17.3 Å². The van der Waals surface area contributed by atoms with Crippen LogP contribution < -0.4 is 4.74 Å². The zero-order valence-electron chi connectivity index (χ0n) is 10.3. The average Bonchev–Trinajstić information content (AvgIpc) is 2.31. The Morgan fingerprint density at radius 2 is 2.00 bits per heavy atom. The van der Waals surface area contributed by atoms with Crippen molar-refractivity contribution in [3.05, 3.63) is 56.8 Å². The van der Waals surface area contributed by atoms with E-state index < -0.39 is 16.4 Å². The molecule has 2 rings (SSSR count). The first kappa shape index (κ1) is 14.1. The van der Waals surface area contributed by atoms with E-state index in [4.69, 9.17) is 16.3 Å². The fraction of sp³-hybridized carbons (Fsp3) is 0.0769. The molecule has 1 N–H and O–H groups in total. The summed E-state index contributed by atoms with van der Waals surface area (Å²) in [5.41, 5.74) is 0.156.